The second-order valence-corrected chi connectivity index (χ2v) is 5.05. The van der Waals surface area contributed by atoms with Crippen molar-refractivity contribution in [3.63, 3.8) is 0 Å². The smallest absolute Gasteiger partial charge is 0.332 e. The first-order chi connectivity index (χ1) is 10.3. The van der Waals surface area contributed by atoms with Crippen molar-refractivity contribution in [3.05, 3.63) is 0 Å². The first-order valence-corrected chi connectivity index (χ1v) is 7.31. The maximum Gasteiger partial charge on any atom is 0.332 e. The van der Waals surface area contributed by atoms with Gasteiger partial charge in [0, 0.05) is 0 Å². The fourth-order valence-electron chi connectivity index (χ4n) is 1.80. The summed E-state index contributed by atoms with van der Waals surface area (Å²) >= 11 is 0. The van der Waals surface area contributed by atoms with Gasteiger partial charge in [-0.25, -0.2) is 22.4 Å². The van der Waals surface area contributed by atoms with Gasteiger partial charge in [-0.2, -0.15) is 0 Å². The van der Waals surface area contributed by atoms with E-state index in [0.717, 1.165) is 0 Å². The zero-order valence-corrected chi connectivity index (χ0v) is 12.5. The SMILES string of the molecule is CCCCC(OCC(F)C(F)C(F)C(F)CCCF)C(=O)O. The van der Waals surface area contributed by atoms with Gasteiger partial charge in [0.15, 0.2) is 24.6 Å². The number of unbranched alkanes of at least 4 members (excludes halogenated alkanes) is 1. The van der Waals surface area contributed by atoms with E-state index in [1.165, 1.54) is 0 Å². The minimum atomic E-state index is -2.78. The Kier molecular flexibility index (Phi) is 11.1. The number of hydrogen-bond donors (Lipinski definition) is 1. The number of halogens is 5. The molecule has 22 heavy (non-hydrogen) atoms. The highest BCUT2D eigenvalue weighted by Gasteiger charge is 2.36. The molecule has 132 valence electrons. The predicted molar refractivity (Wildman–Crippen MR) is 71.7 cm³/mol. The Morgan fingerprint density at radius 1 is 1.05 bits per heavy atom. The average Bonchev–Trinajstić information content (AvgIpc) is 2.50. The first kappa shape index (κ1) is 21.1. The van der Waals surface area contributed by atoms with E-state index in [-0.39, 0.29) is 12.8 Å². The number of aliphatic carboxylic acids is 1. The number of carbonyl (C=O) groups is 1. The van der Waals surface area contributed by atoms with E-state index in [1.807, 2.05) is 6.92 Å². The van der Waals surface area contributed by atoms with Crippen LogP contribution in [0.25, 0.3) is 0 Å². The second kappa shape index (κ2) is 11.6. The van der Waals surface area contributed by atoms with Gasteiger partial charge < -0.3 is 9.84 Å². The zero-order valence-electron chi connectivity index (χ0n) is 12.5. The number of rotatable bonds is 13. The quantitative estimate of drug-likeness (QED) is 0.522. The highest BCUT2D eigenvalue weighted by Crippen LogP contribution is 2.21. The van der Waals surface area contributed by atoms with Gasteiger partial charge in [0.2, 0.25) is 0 Å². The Balaban J connectivity index is 4.31. The van der Waals surface area contributed by atoms with Crippen LogP contribution in [0.2, 0.25) is 0 Å². The molecule has 0 amide bonds. The molecular weight excluding hydrogens is 311 g/mol. The van der Waals surface area contributed by atoms with Crippen LogP contribution in [-0.2, 0) is 9.53 Å². The molecule has 0 heterocycles. The molecule has 0 bridgehead atoms. The van der Waals surface area contributed by atoms with Crippen molar-refractivity contribution in [2.24, 2.45) is 0 Å². The van der Waals surface area contributed by atoms with Crippen LogP contribution >= 0.6 is 0 Å². The van der Waals surface area contributed by atoms with Gasteiger partial charge in [0.25, 0.3) is 0 Å². The van der Waals surface area contributed by atoms with Crippen LogP contribution in [0.15, 0.2) is 0 Å². The van der Waals surface area contributed by atoms with E-state index in [9.17, 15) is 26.7 Å². The van der Waals surface area contributed by atoms with Crippen molar-refractivity contribution in [1.82, 2.24) is 0 Å². The van der Waals surface area contributed by atoms with E-state index in [4.69, 9.17) is 9.84 Å². The van der Waals surface area contributed by atoms with Gasteiger partial charge in [-0.3, -0.25) is 4.39 Å². The summed E-state index contributed by atoms with van der Waals surface area (Å²) in [5.41, 5.74) is 0. The lowest BCUT2D eigenvalue weighted by atomic mass is 10.0. The molecule has 0 aromatic heterocycles. The average molecular weight is 334 g/mol. The first-order valence-electron chi connectivity index (χ1n) is 7.31. The number of hydrogen-bond acceptors (Lipinski definition) is 2. The molecule has 8 heteroatoms. The Morgan fingerprint density at radius 3 is 2.14 bits per heavy atom. The number of alkyl halides is 5. The molecular formula is C14H23F5O3. The Morgan fingerprint density at radius 2 is 1.64 bits per heavy atom. The Hall–Kier alpha value is -0.920. The molecule has 0 spiro atoms. The van der Waals surface area contributed by atoms with Crippen LogP contribution in [-0.4, -0.2) is 55.1 Å². The summed E-state index contributed by atoms with van der Waals surface area (Å²) in [5, 5.41) is 8.84. The van der Waals surface area contributed by atoms with E-state index in [0.29, 0.717) is 12.8 Å². The molecule has 0 aliphatic carbocycles. The molecule has 0 rings (SSSR count). The van der Waals surface area contributed by atoms with Crippen molar-refractivity contribution in [2.45, 2.75) is 69.8 Å². The van der Waals surface area contributed by atoms with Gasteiger partial charge in [0.1, 0.15) is 6.17 Å². The summed E-state index contributed by atoms with van der Waals surface area (Å²) in [6, 6.07) is 0. The fourth-order valence-corrected chi connectivity index (χ4v) is 1.80. The lowest BCUT2D eigenvalue weighted by molar-refractivity contribution is -0.153. The molecule has 5 atom stereocenters. The summed E-state index contributed by atoms with van der Waals surface area (Å²) in [6.07, 6.45) is -11.1. The molecule has 0 saturated carbocycles. The van der Waals surface area contributed by atoms with Crippen LogP contribution in [0, 0.1) is 0 Å². The number of carboxylic acids is 1. The second-order valence-electron chi connectivity index (χ2n) is 5.05. The van der Waals surface area contributed by atoms with E-state index >= 15 is 0 Å². The molecule has 0 aromatic carbocycles. The molecule has 0 aliphatic heterocycles. The third kappa shape index (κ3) is 7.91. The third-order valence-corrected chi connectivity index (χ3v) is 3.16. The summed E-state index contributed by atoms with van der Waals surface area (Å²) in [4.78, 5) is 10.8. The maximum absolute atomic E-state index is 13.5. The summed E-state index contributed by atoms with van der Waals surface area (Å²) < 4.78 is 70.1. The van der Waals surface area contributed by atoms with Gasteiger partial charge in [-0.1, -0.05) is 19.8 Å². The van der Waals surface area contributed by atoms with Crippen LogP contribution in [0.5, 0.6) is 0 Å². The van der Waals surface area contributed by atoms with Gasteiger partial charge in [-0.15, -0.1) is 0 Å². The normalized spacial score (nSPS) is 18.5. The molecule has 0 radical (unpaired) electrons. The molecule has 5 unspecified atom stereocenters. The van der Waals surface area contributed by atoms with E-state index in [2.05, 4.69) is 0 Å². The standard InChI is InChI=1S/C14H23F5O3/c1-2-3-6-11(14(20)21)22-8-10(17)13(19)12(18)9(16)5-4-7-15/h9-13H,2-8H2,1H3,(H,20,21). The highest BCUT2D eigenvalue weighted by molar-refractivity contribution is 5.72. The molecule has 0 fully saturated rings. The largest absolute Gasteiger partial charge is 0.479 e. The summed E-state index contributed by atoms with van der Waals surface area (Å²) in [6.45, 7) is -0.0248. The van der Waals surface area contributed by atoms with E-state index < -0.39 is 56.5 Å². The molecule has 3 nitrogen and oxygen atoms in total. The summed E-state index contributed by atoms with van der Waals surface area (Å²) in [7, 11) is 0. The monoisotopic (exact) mass is 334 g/mol. The third-order valence-electron chi connectivity index (χ3n) is 3.16. The van der Waals surface area contributed by atoms with Gasteiger partial charge in [0.05, 0.1) is 13.3 Å². The minimum absolute atomic E-state index is 0.122. The highest BCUT2D eigenvalue weighted by atomic mass is 19.2. The van der Waals surface area contributed by atoms with Crippen molar-refractivity contribution in [3.8, 4) is 0 Å². The lowest BCUT2D eigenvalue weighted by Gasteiger charge is -2.21. The molecule has 0 aliphatic rings. The van der Waals surface area contributed by atoms with Gasteiger partial charge >= 0.3 is 5.97 Å². The van der Waals surface area contributed by atoms with Crippen molar-refractivity contribution in [2.75, 3.05) is 13.3 Å². The van der Waals surface area contributed by atoms with Crippen molar-refractivity contribution in [1.29, 1.82) is 0 Å². The van der Waals surface area contributed by atoms with Crippen molar-refractivity contribution >= 4 is 5.97 Å². The lowest BCUT2D eigenvalue weighted by Crippen LogP contribution is -2.39. The topological polar surface area (TPSA) is 46.5 Å². The Labute approximate surface area is 126 Å². The Bertz CT molecular complexity index is 306. The van der Waals surface area contributed by atoms with Gasteiger partial charge in [-0.05, 0) is 19.3 Å². The number of ether oxygens (including phenoxy) is 1. The van der Waals surface area contributed by atoms with E-state index in [1.54, 1.807) is 0 Å². The maximum atomic E-state index is 13.5. The van der Waals surface area contributed by atoms with Crippen LogP contribution in [0.4, 0.5) is 22.0 Å². The summed E-state index contributed by atoms with van der Waals surface area (Å²) in [5.74, 6) is -1.32. The van der Waals surface area contributed by atoms with Crippen molar-refractivity contribution < 1.29 is 36.6 Å². The minimum Gasteiger partial charge on any atom is -0.479 e. The number of carboxylic acid groups (broad SMARTS) is 1. The zero-order chi connectivity index (χ0) is 17.1. The fraction of sp³-hybridized carbons (Fsp3) is 0.929. The molecule has 0 aromatic rings. The molecule has 1 N–H and O–H groups in total. The van der Waals surface area contributed by atoms with Crippen LogP contribution in [0.1, 0.15) is 39.0 Å². The van der Waals surface area contributed by atoms with Crippen LogP contribution < -0.4 is 0 Å². The predicted octanol–water partition coefficient (Wildman–Crippen LogP) is 3.75. The van der Waals surface area contributed by atoms with Crippen LogP contribution in [0.3, 0.4) is 0 Å². The molecule has 0 saturated heterocycles.